The van der Waals surface area contributed by atoms with E-state index >= 15 is 0 Å². The Morgan fingerprint density at radius 3 is 2.81 bits per heavy atom. The van der Waals surface area contributed by atoms with Crippen molar-refractivity contribution in [2.24, 2.45) is 5.92 Å². The quantitative estimate of drug-likeness (QED) is 0.693. The molecular formula is C17H20N2O5S3. The molecule has 1 saturated heterocycles. The number of amides is 1. The van der Waals surface area contributed by atoms with Crippen LogP contribution in [-0.4, -0.2) is 49.2 Å². The van der Waals surface area contributed by atoms with Crippen molar-refractivity contribution in [2.75, 3.05) is 19.7 Å². The topological polar surface area (TPSA) is 93.6 Å². The van der Waals surface area contributed by atoms with Crippen molar-refractivity contribution in [2.45, 2.75) is 30.9 Å². The van der Waals surface area contributed by atoms with Crippen LogP contribution in [0.1, 0.15) is 24.8 Å². The Morgan fingerprint density at radius 2 is 2.15 bits per heavy atom. The summed E-state index contributed by atoms with van der Waals surface area (Å²) in [6.07, 6.45) is 1.16. The van der Waals surface area contributed by atoms with E-state index in [1.165, 1.54) is 22.3 Å². The lowest BCUT2D eigenvalue weighted by Crippen LogP contribution is -2.44. The van der Waals surface area contributed by atoms with Gasteiger partial charge in [-0.3, -0.25) is 9.59 Å². The van der Waals surface area contributed by atoms with Gasteiger partial charge in [0.05, 0.1) is 28.1 Å². The molecule has 2 aromatic rings. The van der Waals surface area contributed by atoms with Crippen LogP contribution < -0.4 is 0 Å². The highest BCUT2D eigenvalue weighted by Crippen LogP contribution is 2.33. The molecule has 10 heteroatoms. The maximum Gasteiger partial charge on any atom is 0.344 e. The second-order valence-electron chi connectivity index (χ2n) is 6.18. The van der Waals surface area contributed by atoms with Crippen LogP contribution in [0.15, 0.2) is 21.7 Å². The number of rotatable bonds is 4. The van der Waals surface area contributed by atoms with E-state index in [1.807, 2.05) is 12.3 Å². The lowest BCUT2D eigenvalue weighted by atomic mass is 9.99. The highest BCUT2D eigenvalue weighted by Gasteiger charge is 2.36. The Balaban J connectivity index is 1.77. The minimum atomic E-state index is -4.15. The summed E-state index contributed by atoms with van der Waals surface area (Å²) in [7, 11) is -4.15. The van der Waals surface area contributed by atoms with Gasteiger partial charge in [0, 0.05) is 18.5 Å². The number of hydrogen-bond donors (Lipinski definition) is 0. The van der Waals surface area contributed by atoms with Gasteiger partial charge in [-0.2, -0.15) is 0 Å². The summed E-state index contributed by atoms with van der Waals surface area (Å²) >= 11 is 2.51. The van der Waals surface area contributed by atoms with E-state index in [0.717, 1.165) is 16.3 Å². The summed E-state index contributed by atoms with van der Waals surface area (Å²) in [6.45, 7) is 4.24. The Hall–Kier alpha value is -1.78. The molecule has 0 radical (unpaired) electrons. The lowest BCUT2D eigenvalue weighted by molar-refractivity contribution is -0.149. The zero-order chi connectivity index (χ0) is 19.6. The zero-order valence-electron chi connectivity index (χ0n) is 15.0. The summed E-state index contributed by atoms with van der Waals surface area (Å²) in [5.74, 6) is -0.862. The average molecular weight is 429 g/mol. The first-order valence-corrected chi connectivity index (χ1v) is 11.7. The van der Waals surface area contributed by atoms with Crippen LogP contribution in [0.3, 0.4) is 0 Å². The molecule has 3 rings (SSSR count). The maximum atomic E-state index is 12.8. The first-order valence-electron chi connectivity index (χ1n) is 8.56. The van der Waals surface area contributed by atoms with E-state index in [-0.39, 0.29) is 23.3 Å². The molecule has 1 aliphatic heterocycles. The molecule has 3 heterocycles. The number of thiazole rings is 1. The molecule has 0 saturated carbocycles. The standard InChI is InChI=1S/C17H20N2O5S3/c1-3-24-16(20)12-5-4-8-19(9-12)17(21)27(22,23)15-7-6-14(26-15)13-10-25-11(2)18-13/h6-7,10,12H,3-5,8-9H2,1-2H3. The second kappa shape index (κ2) is 8.07. The molecule has 2 aromatic heterocycles. The van der Waals surface area contributed by atoms with E-state index in [2.05, 4.69) is 4.98 Å². The van der Waals surface area contributed by atoms with E-state index in [4.69, 9.17) is 4.74 Å². The zero-order valence-corrected chi connectivity index (χ0v) is 17.5. The fraction of sp³-hybridized carbons (Fsp3) is 0.471. The molecule has 0 aromatic carbocycles. The number of carbonyl (C=O) groups excluding carboxylic acids is 2. The summed E-state index contributed by atoms with van der Waals surface area (Å²) in [4.78, 5) is 30.9. The number of likely N-dealkylation sites (tertiary alicyclic amines) is 1. The number of aryl methyl sites for hydroxylation is 1. The van der Waals surface area contributed by atoms with Gasteiger partial charge in [0.25, 0.3) is 9.84 Å². The molecular weight excluding hydrogens is 408 g/mol. The van der Waals surface area contributed by atoms with Gasteiger partial charge in [-0.15, -0.1) is 22.7 Å². The number of hydrogen-bond acceptors (Lipinski definition) is 8. The number of thiophene rings is 1. The summed E-state index contributed by atoms with van der Waals surface area (Å²) in [5, 5.41) is 1.78. The number of carbonyl (C=O) groups is 2. The van der Waals surface area contributed by atoms with Crippen molar-refractivity contribution in [1.29, 1.82) is 0 Å². The molecule has 0 spiro atoms. The largest absolute Gasteiger partial charge is 0.466 e. The van der Waals surface area contributed by atoms with Crippen molar-refractivity contribution < 1.29 is 22.7 Å². The van der Waals surface area contributed by atoms with Crippen molar-refractivity contribution in [3.05, 3.63) is 22.5 Å². The summed E-state index contributed by atoms with van der Waals surface area (Å²) in [5.41, 5.74) is 0.705. The molecule has 1 amide bonds. The molecule has 1 atom stereocenters. The number of ether oxygens (including phenoxy) is 1. The van der Waals surface area contributed by atoms with Gasteiger partial charge in [0.1, 0.15) is 4.21 Å². The predicted molar refractivity (Wildman–Crippen MR) is 104 cm³/mol. The van der Waals surface area contributed by atoms with Crippen molar-refractivity contribution >= 4 is 43.7 Å². The smallest absolute Gasteiger partial charge is 0.344 e. The van der Waals surface area contributed by atoms with Crippen LogP contribution >= 0.6 is 22.7 Å². The lowest BCUT2D eigenvalue weighted by Gasteiger charge is -2.30. The number of esters is 1. The molecule has 1 fully saturated rings. The number of sulfone groups is 1. The van der Waals surface area contributed by atoms with Gasteiger partial charge in [0.2, 0.25) is 0 Å². The molecule has 0 bridgehead atoms. The highest BCUT2D eigenvalue weighted by molar-refractivity contribution is 8.07. The van der Waals surface area contributed by atoms with Gasteiger partial charge < -0.3 is 9.64 Å². The van der Waals surface area contributed by atoms with Crippen molar-refractivity contribution in [3.63, 3.8) is 0 Å². The maximum absolute atomic E-state index is 12.8. The van der Waals surface area contributed by atoms with E-state index < -0.39 is 21.0 Å². The molecule has 1 aliphatic rings. The molecule has 1 unspecified atom stereocenters. The van der Waals surface area contributed by atoms with Gasteiger partial charge in [-0.1, -0.05) is 0 Å². The Bertz CT molecular complexity index is 947. The molecule has 0 N–H and O–H groups in total. The molecule has 0 aliphatic carbocycles. The molecule has 27 heavy (non-hydrogen) atoms. The number of piperidine rings is 1. The highest BCUT2D eigenvalue weighted by atomic mass is 32.2. The monoisotopic (exact) mass is 428 g/mol. The minimum Gasteiger partial charge on any atom is -0.466 e. The van der Waals surface area contributed by atoms with Gasteiger partial charge in [-0.25, -0.2) is 13.4 Å². The minimum absolute atomic E-state index is 0.00795. The number of aromatic nitrogens is 1. The molecule has 7 nitrogen and oxygen atoms in total. The van der Waals surface area contributed by atoms with Gasteiger partial charge in [-0.05, 0) is 38.8 Å². The SMILES string of the molecule is CCOC(=O)C1CCCN(C(=O)S(=O)(=O)c2ccc(-c3csc(C)n3)s2)C1. The third-order valence-electron chi connectivity index (χ3n) is 4.25. The first-order chi connectivity index (χ1) is 12.8. The second-order valence-corrected chi connectivity index (χ2v) is 10.4. The van der Waals surface area contributed by atoms with Gasteiger partial charge in [0.15, 0.2) is 0 Å². The Kier molecular flexibility index (Phi) is 5.97. The number of nitrogens with zero attached hydrogens (tertiary/aromatic N) is 2. The Morgan fingerprint density at radius 1 is 1.37 bits per heavy atom. The van der Waals surface area contributed by atoms with Gasteiger partial charge >= 0.3 is 11.2 Å². The summed E-state index contributed by atoms with van der Waals surface area (Å²) < 4.78 is 30.5. The summed E-state index contributed by atoms with van der Waals surface area (Å²) in [6, 6.07) is 3.10. The fourth-order valence-electron chi connectivity index (χ4n) is 2.93. The average Bonchev–Trinajstić information content (AvgIpc) is 3.30. The van der Waals surface area contributed by atoms with Crippen LogP contribution in [0.2, 0.25) is 0 Å². The van der Waals surface area contributed by atoms with Crippen LogP contribution in [-0.2, 0) is 19.4 Å². The third-order valence-corrected chi connectivity index (χ3v) is 8.21. The molecule has 146 valence electrons. The normalized spacial score (nSPS) is 17.7. The van der Waals surface area contributed by atoms with E-state index in [0.29, 0.717) is 30.0 Å². The van der Waals surface area contributed by atoms with Crippen LogP contribution in [0.4, 0.5) is 4.79 Å². The third kappa shape index (κ3) is 4.22. The van der Waals surface area contributed by atoms with Crippen LogP contribution in [0.5, 0.6) is 0 Å². The van der Waals surface area contributed by atoms with Crippen LogP contribution in [0.25, 0.3) is 10.6 Å². The predicted octanol–water partition coefficient (Wildman–Crippen LogP) is 3.35. The van der Waals surface area contributed by atoms with Crippen molar-refractivity contribution in [1.82, 2.24) is 9.88 Å². The van der Waals surface area contributed by atoms with Crippen molar-refractivity contribution in [3.8, 4) is 10.6 Å². The van der Waals surface area contributed by atoms with Crippen LogP contribution in [0, 0.1) is 12.8 Å². The Labute approximate surface area is 165 Å². The fourth-order valence-corrected chi connectivity index (χ4v) is 6.16. The van der Waals surface area contributed by atoms with E-state index in [9.17, 15) is 18.0 Å². The van der Waals surface area contributed by atoms with E-state index in [1.54, 1.807) is 13.0 Å². The first kappa shape index (κ1) is 20.0.